The van der Waals surface area contributed by atoms with Crippen molar-refractivity contribution < 1.29 is 9.90 Å². The molecule has 1 saturated carbocycles. The fourth-order valence-electron chi connectivity index (χ4n) is 1.71. The predicted octanol–water partition coefficient (Wildman–Crippen LogP) is 3.25. The van der Waals surface area contributed by atoms with Gasteiger partial charge in [-0.15, -0.1) is 0 Å². The van der Waals surface area contributed by atoms with Crippen molar-refractivity contribution in [3.8, 4) is 0 Å². The molecule has 0 unspecified atom stereocenters. The van der Waals surface area contributed by atoms with Crippen LogP contribution in [-0.2, 0) is 0 Å². The summed E-state index contributed by atoms with van der Waals surface area (Å²) in [4.78, 5) is 11.0. The van der Waals surface area contributed by atoms with Crippen molar-refractivity contribution in [2.75, 3.05) is 11.9 Å². The van der Waals surface area contributed by atoms with Gasteiger partial charge in [-0.1, -0.05) is 30.5 Å². The second kappa shape index (κ2) is 4.74. The van der Waals surface area contributed by atoms with Crippen LogP contribution in [0.4, 0.5) is 5.69 Å². The van der Waals surface area contributed by atoms with Crippen LogP contribution in [0.5, 0.6) is 0 Å². The first-order valence-corrected chi connectivity index (χ1v) is 5.82. The molecule has 1 aromatic carbocycles. The van der Waals surface area contributed by atoms with Crippen LogP contribution in [0.3, 0.4) is 0 Å². The molecule has 0 bridgehead atoms. The van der Waals surface area contributed by atoms with E-state index in [4.69, 9.17) is 16.7 Å². The summed E-state index contributed by atoms with van der Waals surface area (Å²) in [7, 11) is 0. The number of benzene rings is 1. The summed E-state index contributed by atoms with van der Waals surface area (Å²) in [5.74, 6) is -0.153. The van der Waals surface area contributed by atoms with Crippen molar-refractivity contribution in [1.29, 1.82) is 0 Å². The topological polar surface area (TPSA) is 49.3 Å². The highest BCUT2D eigenvalue weighted by molar-refractivity contribution is 6.34. The molecule has 4 heteroatoms. The lowest BCUT2D eigenvalue weighted by Crippen LogP contribution is -2.08. The Morgan fingerprint density at radius 3 is 2.88 bits per heavy atom. The van der Waals surface area contributed by atoms with Gasteiger partial charge in [0.25, 0.3) is 0 Å². The largest absolute Gasteiger partial charge is 0.478 e. The first-order valence-electron chi connectivity index (χ1n) is 5.44. The normalized spacial score (nSPS) is 14.8. The van der Waals surface area contributed by atoms with E-state index in [1.54, 1.807) is 18.2 Å². The van der Waals surface area contributed by atoms with E-state index in [0.29, 0.717) is 5.69 Å². The highest BCUT2D eigenvalue weighted by Gasteiger charge is 2.21. The van der Waals surface area contributed by atoms with Crippen molar-refractivity contribution in [2.24, 2.45) is 5.92 Å². The summed E-state index contributed by atoms with van der Waals surface area (Å²) >= 11 is 5.86. The summed E-state index contributed by atoms with van der Waals surface area (Å²) in [5.41, 5.74) is 0.778. The minimum atomic E-state index is -0.987. The van der Waals surface area contributed by atoms with Crippen molar-refractivity contribution in [3.05, 3.63) is 28.8 Å². The quantitative estimate of drug-likeness (QED) is 0.829. The van der Waals surface area contributed by atoms with E-state index in [-0.39, 0.29) is 10.6 Å². The van der Waals surface area contributed by atoms with Gasteiger partial charge in [0.1, 0.15) is 5.56 Å². The van der Waals surface area contributed by atoms with Crippen molar-refractivity contribution in [2.45, 2.75) is 19.3 Å². The zero-order valence-corrected chi connectivity index (χ0v) is 9.63. The second-order valence-electron chi connectivity index (χ2n) is 4.13. The highest BCUT2D eigenvalue weighted by Crippen LogP contribution is 2.32. The Hall–Kier alpha value is -1.22. The maximum absolute atomic E-state index is 11.0. The van der Waals surface area contributed by atoms with E-state index >= 15 is 0 Å². The number of rotatable bonds is 5. The average molecular weight is 240 g/mol. The van der Waals surface area contributed by atoms with Gasteiger partial charge in [0.05, 0.1) is 10.7 Å². The van der Waals surface area contributed by atoms with Crippen LogP contribution in [-0.4, -0.2) is 17.6 Å². The standard InChI is InChI=1S/C12H14ClNO2/c13-9-2-1-3-10(11(9)12(15)16)14-7-6-8-4-5-8/h1-3,8,14H,4-7H2,(H,15,16). The van der Waals surface area contributed by atoms with Crippen LogP contribution in [0.15, 0.2) is 18.2 Å². The monoisotopic (exact) mass is 239 g/mol. The fraction of sp³-hybridized carbons (Fsp3) is 0.417. The molecule has 1 aliphatic rings. The Morgan fingerprint density at radius 1 is 1.50 bits per heavy atom. The third-order valence-electron chi connectivity index (χ3n) is 2.79. The van der Waals surface area contributed by atoms with Crippen LogP contribution in [0.1, 0.15) is 29.6 Å². The maximum atomic E-state index is 11.0. The molecule has 0 radical (unpaired) electrons. The molecule has 2 rings (SSSR count). The highest BCUT2D eigenvalue weighted by atomic mass is 35.5. The molecule has 0 aliphatic heterocycles. The van der Waals surface area contributed by atoms with E-state index in [1.165, 1.54) is 12.8 Å². The molecule has 16 heavy (non-hydrogen) atoms. The van der Waals surface area contributed by atoms with Crippen LogP contribution in [0, 0.1) is 5.92 Å². The Bertz CT molecular complexity index is 402. The Morgan fingerprint density at radius 2 is 2.25 bits per heavy atom. The third-order valence-corrected chi connectivity index (χ3v) is 3.11. The summed E-state index contributed by atoms with van der Waals surface area (Å²) in [6, 6.07) is 5.10. The molecule has 0 spiro atoms. The molecular weight excluding hydrogens is 226 g/mol. The van der Waals surface area contributed by atoms with Crippen LogP contribution in [0.2, 0.25) is 5.02 Å². The SMILES string of the molecule is O=C(O)c1c(Cl)cccc1NCCC1CC1. The minimum Gasteiger partial charge on any atom is -0.478 e. The van der Waals surface area contributed by atoms with Crippen molar-refractivity contribution >= 4 is 23.3 Å². The molecule has 2 N–H and O–H groups in total. The number of carboxylic acid groups (broad SMARTS) is 1. The first-order chi connectivity index (χ1) is 7.68. The predicted molar refractivity (Wildman–Crippen MR) is 64.2 cm³/mol. The van der Waals surface area contributed by atoms with E-state index in [1.807, 2.05) is 0 Å². The number of anilines is 1. The van der Waals surface area contributed by atoms with Gasteiger partial charge in [0, 0.05) is 6.54 Å². The van der Waals surface area contributed by atoms with Gasteiger partial charge >= 0.3 is 5.97 Å². The van der Waals surface area contributed by atoms with Gasteiger partial charge in [0.2, 0.25) is 0 Å². The number of hydrogen-bond acceptors (Lipinski definition) is 2. The molecule has 1 aliphatic carbocycles. The molecule has 1 fully saturated rings. The van der Waals surface area contributed by atoms with Crippen molar-refractivity contribution in [3.63, 3.8) is 0 Å². The minimum absolute atomic E-state index is 0.167. The summed E-state index contributed by atoms with van der Waals surface area (Å²) in [5, 5.41) is 12.5. The molecule has 1 aromatic rings. The lowest BCUT2D eigenvalue weighted by Gasteiger charge is -2.10. The van der Waals surface area contributed by atoms with Gasteiger partial charge in [-0.05, 0) is 24.5 Å². The van der Waals surface area contributed by atoms with Gasteiger partial charge in [0.15, 0.2) is 0 Å². The summed E-state index contributed by atoms with van der Waals surface area (Å²) in [6.45, 7) is 0.811. The average Bonchev–Trinajstić information content (AvgIpc) is 3.01. The molecule has 0 saturated heterocycles. The second-order valence-corrected chi connectivity index (χ2v) is 4.53. The molecule has 0 aromatic heterocycles. The van der Waals surface area contributed by atoms with Gasteiger partial charge < -0.3 is 10.4 Å². The van der Waals surface area contributed by atoms with Crippen LogP contribution >= 0.6 is 11.6 Å². The smallest absolute Gasteiger partial charge is 0.339 e. The first kappa shape index (κ1) is 11.3. The van der Waals surface area contributed by atoms with Crippen molar-refractivity contribution in [1.82, 2.24) is 0 Å². The molecule has 0 amide bonds. The number of carbonyl (C=O) groups is 1. The molecule has 0 atom stereocenters. The number of halogens is 1. The van der Waals surface area contributed by atoms with Gasteiger partial charge in [-0.3, -0.25) is 0 Å². The van der Waals surface area contributed by atoms with E-state index < -0.39 is 5.97 Å². The number of nitrogens with one attached hydrogen (secondary N) is 1. The summed E-state index contributed by atoms with van der Waals surface area (Å²) in [6.07, 6.45) is 3.72. The lowest BCUT2D eigenvalue weighted by molar-refractivity contribution is 0.0698. The zero-order valence-electron chi connectivity index (χ0n) is 8.87. The number of aromatic carboxylic acids is 1. The van der Waals surface area contributed by atoms with Crippen LogP contribution in [0.25, 0.3) is 0 Å². The van der Waals surface area contributed by atoms with E-state index in [9.17, 15) is 4.79 Å². The summed E-state index contributed by atoms with van der Waals surface area (Å²) < 4.78 is 0. The Labute approximate surface area is 99.4 Å². The third kappa shape index (κ3) is 2.67. The van der Waals surface area contributed by atoms with E-state index in [0.717, 1.165) is 18.9 Å². The van der Waals surface area contributed by atoms with E-state index in [2.05, 4.69) is 5.32 Å². The Balaban J connectivity index is 2.05. The zero-order chi connectivity index (χ0) is 11.5. The maximum Gasteiger partial charge on any atom is 0.339 e. The number of carboxylic acids is 1. The Kier molecular flexibility index (Phi) is 3.34. The van der Waals surface area contributed by atoms with Gasteiger partial charge in [-0.2, -0.15) is 0 Å². The van der Waals surface area contributed by atoms with Crippen LogP contribution < -0.4 is 5.32 Å². The van der Waals surface area contributed by atoms with Gasteiger partial charge in [-0.25, -0.2) is 4.79 Å². The molecular formula is C12H14ClNO2. The fourth-order valence-corrected chi connectivity index (χ4v) is 1.96. The molecule has 0 heterocycles. The molecule has 86 valence electrons. The molecule has 3 nitrogen and oxygen atoms in total. The lowest BCUT2D eigenvalue weighted by atomic mass is 10.1. The number of hydrogen-bond donors (Lipinski definition) is 2.